The molecule has 0 aliphatic carbocycles. The van der Waals surface area contributed by atoms with Gasteiger partial charge in [0.15, 0.2) is 0 Å². The molecule has 5 nitrogen and oxygen atoms in total. The van der Waals surface area contributed by atoms with Gasteiger partial charge in [-0.1, -0.05) is 6.07 Å². The zero-order chi connectivity index (χ0) is 15.4. The van der Waals surface area contributed by atoms with Crippen molar-refractivity contribution in [2.75, 3.05) is 32.8 Å². The quantitative estimate of drug-likeness (QED) is 0.923. The molecule has 22 heavy (non-hydrogen) atoms. The molecule has 3 heterocycles. The second-order valence-corrected chi connectivity index (χ2v) is 7.16. The number of urea groups is 1. The molecule has 2 aliphatic heterocycles. The van der Waals surface area contributed by atoms with Crippen molar-refractivity contribution in [2.24, 2.45) is 0 Å². The molecule has 122 valence electrons. The summed E-state index contributed by atoms with van der Waals surface area (Å²) in [6, 6.07) is 4.42. The van der Waals surface area contributed by atoms with Crippen LogP contribution in [0.4, 0.5) is 4.79 Å². The second kappa shape index (κ2) is 7.44. The van der Waals surface area contributed by atoms with Crippen LogP contribution in [0.5, 0.6) is 0 Å². The predicted molar refractivity (Wildman–Crippen MR) is 88.1 cm³/mol. The van der Waals surface area contributed by atoms with Gasteiger partial charge in [-0.2, -0.15) is 0 Å². The topological polar surface area (TPSA) is 44.8 Å². The smallest absolute Gasteiger partial charge is 0.317 e. The summed E-state index contributed by atoms with van der Waals surface area (Å²) in [5.41, 5.74) is 0. The van der Waals surface area contributed by atoms with Gasteiger partial charge in [0, 0.05) is 44.2 Å². The number of piperazine rings is 1. The highest BCUT2D eigenvalue weighted by Crippen LogP contribution is 2.16. The van der Waals surface area contributed by atoms with Crippen LogP contribution in [0.2, 0.25) is 0 Å². The van der Waals surface area contributed by atoms with Crippen LogP contribution in [-0.2, 0) is 11.3 Å². The lowest BCUT2D eigenvalue weighted by Gasteiger charge is -2.35. The molecule has 3 rings (SSSR count). The molecular formula is C16H25N3O2S. The molecule has 2 amide bonds. The Kier molecular flexibility index (Phi) is 5.33. The van der Waals surface area contributed by atoms with E-state index in [0.717, 1.165) is 52.2 Å². The summed E-state index contributed by atoms with van der Waals surface area (Å²) in [5.74, 6) is 0. The first-order valence-electron chi connectivity index (χ1n) is 8.14. The van der Waals surface area contributed by atoms with Crippen LogP contribution in [0, 0.1) is 0 Å². The molecule has 0 saturated carbocycles. The monoisotopic (exact) mass is 323 g/mol. The number of hydrogen-bond acceptors (Lipinski definition) is 4. The zero-order valence-electron chi connectivity index (χ0n) is 13.2. The molecule has 0 radical (unpaired) electrons. The number of carbonyl (C=O) groups excluding carboxylic acids is 1. The third kappa shape index (κ3) is 4.00. The van der Waals surface area contributed by atoms with Gasteiger partial charge >= 0.3 is 6.03 Å². The normalized spacial score (nSPS) is 24.4. The minimum absolute atomic E-state index is 0.0544. The maximum absolute atomic E-state index is 12.3. The minimum atomic E-state index is 0.0544. The van der Waals surface area contributed by atoms with Crippen molar-refractivity contribution >= 4 is 17.4 Å². The Balaban J connectivity index is 1.41. The van der Waals surface area contributed by atoms with Crippen LogP contribution < -0.4 is 5.32 Å². The number of rotatable bonds is 4. The molecule has 0 aromatic carbocycles. The fourth-order valence-corrected chi connectivity index (χ4v) is 3.85. The van der Waals surface area contributed by atoms with E-state index in [0.29, 0.717) is 0 Å². The molecule has 6 heteroatoms. The number of nitrogens with zero attached hydrogens (tertiary/aromatic N) is 2. The molecule has 2 saturated heterocycles. The predicted octanol–water partition coefficient (Wildman–Crippen LogP) is 2.14. The average molecular weight is 323 g/mol. The number of thiophene rings is 1. The van der Waals surface area contributed by atoms with E-state index in [-0.39, 0.29) is 18.2 Å². The Morgan fingerprint density at radius 2 is 2.27 bits per heavy atom. The van der Waals surface area contributed by atoms with E-state index in [1.54, 1.807) is 11.3 Å². The van der Waals surface area contributed by atoms with Crippen molar-refractivity contribution in [1.29, 1.82) is 0 Å². The van der Waals surface area contributed by atoms with Crippen LogP contribution in [0.1, 0.15) is 24.6 Å². The van der Waals surface area contributed by atoms with E-state index in [4.69, 9.17) is 4.74 Å². The maximum Gasteiger partial charge on any atom is 0.317 e. The molecule has 2 aliphatic rings. The summed E-state index contributed by atoms with van der Waals surface area (Å²) in [5, 5.41) is 5.21. The lowest BCUT2D eigenvalue weighted by atomic mass is 10.1. The van der Waals surface area contributed by atoms with Crippen molar-refractivity contribution < 1.29 is 9.53 Å². The third-order valence-corrected chi connectivity index (χ3v) is 5.35. The molecular weight excluding hydrogens is 298 g/mol. The van der Waals surface area contributed by atoms with Gasteiger partial charge in [0.05, 0.1) is 12.1 Å². The van der Waals surface area contributed by atoms with Crippen molar-refractivity contribution in [3.63, 3.8) is 0 Å². The van der Waals surface area contributed by atoms with E-state index in [2.05, 4.69) is 27.7 Å². The highest BCUT2D eigenvalue weighted by atomic mass is 32.1. The third-order valence-electron chi connectivity index (χ3n) is 4.49. The minimum Gasteiger partial charge on any atom is -0.376 e. The second-order valence-electron chi connectivity index (χ2n) is 6.13. The summed E-state index contributed by atoms with van der Waals surface area (Å²) < 4.78 is 5.64. The Labute approximate surface area is 136 Å². The van der Waals surface area contributed by atoms with Crippen LogP contribution >= 0.6 is 11.3 Å². The summed E-state index contributed by atoms with van der Waals surface area (Å²) in [7, 11) is 0. The highest BCUT2D eigenvalue weighted by molar-refractivity contribution is 7.09. The van der Waals surface area contributed by atoms with Gasteiger partial charge in [0.1, 0.15) is 0 Å². The lowest BCUT2D eigenvalue weighted by Crippen LogP contribution is -2.54. The average Bonchev–Trinajstić information content (AvgIpc) is 3.21. The maximum atomic E-state index is 12.3. The molecule has 0 bridgehead atoms. The Morgan fingerprint density at radius 3 is 2.91 bits per heavy atom. The molecule has 2 atom stereocenters. The van der Waals surface area contributed by atoms with Crippen molar-refractivity contribution in [2.45, 2.75) is 38.5 Å². The van der Waals surface area contributed by atoms with Gasteiger partial charge < -0.3 is 15.0 Å². The number of hydrogen-bond donors (Lipinski definition) is 1. The van der Waals surface area contributed by atoms with E-state index >= 15 is 0 Å². The first kappa shape index (κ1) is 15.8. The zero-order valence-corrected chi connectivity index (χ0v) is 14.0. The molecule has 2 fully saturated rings. The van der Waals surface area contributed by atoms with Crippen LogP contribution in [0.25, 0.3) is 0 Å². The molecule has 1 N–H and O–H groups in total. The highest BCUT2D eigenvalue weighted by Gasteiger charge is 2.27. The van der Waals surface area contributed by atoms with E-state index in [1.165, 1.54) is 4.88 Å². The van der Waals surface area contributed by atoms with Gasteiger partial charge in [0.2, 0.25) is 0 Å². The van der Waals surface area contributed by atoms with Gasteiger partial charge in [0.25, 0.3) is 0 Å². The Morgan fingerprint density at radius 1 is 1.45 bits per heavy atom. The van der Waals surface area contributed by atoms with Crippen LogP contribution in [0.15, 0.2) is 17.5 Å². The van der Waals surface area contributed by atoms with E-state index in [1.807, 2.05) is 11.8 Å². The van der Waals surface area contributed by atoms with E-state index < -0.39 is 0 Å². The van der Waals surface area contributed by atoms with Crippen LogP contribution in [-0.4, -0.2) is 60.8 Å². The van der Waals surface area contributed by atoms with Crippen molar-refractivity contribution in [1.82, 2.24) is 15.1 Å². The number of ether oxygens (including phenoxy) is 1. The fourth-order valence-electron chi connectivity index (χ4n) is 3.11. The fraction of sp³-hybridized carbons (Fsp3) is 0.688. The first-order chi connectivity index (χ1) is 10.7. The lowest BCUT2D eigenvalue weighted by molar-refractivity contribution is 0.0801. The van der Waals surface area contributed by atoms with Gasteiger partial charge in [-0.15, -0.1) is 11.3 Å². The number of nitrogens with one attached hydrogen (secondary N) is 1. The van der Waals surface area contributed by atoms with Gasteiger partial charge in [-0.3, -0.25) is 4.90 Å². The summed E-state index contributed by atoms with van der Waals surface area (Å²) in [4.78, 5) is 18.1. The molecule has 1 aromatic rings. The standard InChI is InChI=1S/C16H25N3O2S/c1-13(15-5-2-10-21-15)17-16(20)19-8-6-18(7-9-19)12-14-4-3-11-22-14/h3-4,11,13,15H,2,5-10,12H2,1H3,(H,17,20)/t13-,15+/m1/s1. The Hall–Kier alpha value is -1.11. The molecule has 0 unspecified atom stereocenters. The largest absolute Gasteiger partial charge is 0.376 e. The number of carbonyl (C=O) groups is 1. The SMILES string of the molecule is C[C@@H](NC(=O)N1CCN(Cc2cccs2)CC1)[C@@H]1CCCO1. The molecule has 0 spiro atoms. The number of amides is 2. The van der Waals surface area contributed by atoms with Crippen molar-refractivity contribution in [3.8, 4) is 0 Å². The van der Waals surface area contributed by atoms with Gasteiger partial charge in [-0.05, 0) is 31.2 Å². The van der Waals surface area contributed by atoms with Gasteiger partial charge in [-0.25, -0.2) is 4.79 Å². The molecule has 1 aromatic heterocycles. The summed E-state index contributed by atoms with van der Waals surface area (Å²) in [6.45, 7) is 7.36. The summed E-state index contributed by atoms with van der Waals surface area (Å²) in [6.07, 6.45) is 2.34. The van der Waals surface area contributed by atoms with Crippen molar-refractivity contribution in [3.05, 3.63) is 22.4 Å². The summed E-state index contributed by atoms with van der Waals surface area (Å²) >= 11 is 1.80. The van der Waals surface area contributed by atoms with E-state index in [9.17, 15) is 4.79 Å². The Bertz CT molecular complexity index is 466. The van der Waals surface area contributed by atoms with Crippen LogP contribution in [0.3, 0.4) is 0 Å². The first-order valence-corrected chi connectivity index (χ1v) is 9.02.